The molecule has 2 aliphatic rings. The highest BCUT2D eigenvalue weighted by Crippen LogP contribution is 2.10. The van der Waals surface area contributed by atoms with E-state index in [2.05, 4.69) is 16.1 Å². The van der Waals surface area contributed by atoms with Crippen LogP contribution < -0.4 is 16.1 Å². The van der Waals surface area contributed by atoms with Crippen molar-refractivity contribution in [2.75, 3.05) is 24.7 Å². The predicted molar refractivity (Wildman–Crippen MR) is 59.8 cm³/mol. The van der Waals surface area contributed by atoms with E-state index in [0.29, 0.717) is 6.42 Å². The normalized spacial score (nSPS) is 29.9. The molecule has 0 spiro atoms. The number of hydrogen-bond donors (Lipinski definition) is 3. The Morgan fingerprint density at radius 2 is 2.50 bits per heavy atom. The molecule has 0 saturated carbocycles. The van der Waals surface area contributed by atoms with Gasteiger partial charge in [0.1, 0.15) is 12.6 Å². The first-order valence-electron chi connectivity index (χ1n) is 5.28. The molecule has 2 atom stereocenters. The zero-order valence-corrected chi connectivity index (χ0v) is 9.64. The molecule has 0 aromatic carbocycles. The van der Waals surface area contributed by atoms with Crippen molar-refractivity contribution in [1.29, 1.82) is 0 Å². The summed E-state index contributed by atoms with van der Waals surface area (Å²) in [5.74, 6) is 1.66. The number of amides is 2. The molecular weight excluding hydrogens is 230 g/mol. The molecule has 1 unspecified atom stereocenters. The summed E-state index contributed by atoms with van der Waals surface area (Å²) < 4.78 is 0. The minimum absolute atomic E-state index is 0.106. The zero-order valence-electron chi connectivity index (χ0n) is 8.82. The standard InChI is InChI=1S/C9H15N3O3S/c13-8(3-6-5-16-2-1-10-6)11-7-4-15-12-9(7)14/h6-7,10H,1-5H2,(H,11,13)(H,12,14)/t6?,7-/m1/s1. The molecular formula is C9H15N3O3S. The van der Waals surface area contributed by atoms with Crippen LogP contribution in [0.5, 0.6) is 0 Å². The molecule has 2 amide bonds. The molecule has 2 heterocycles. The maximum Gasteiger partial charge on any atom is 0.268 e. The summed E-state index contributed by atoms with van der Waals surface area (Å²) in [4.78, 5) is 27.5. The van der Waals surface area contributed by atoms with Crippen molar-refractivity contribution < 1.29 is 14.4 Å². The van der Waals surface area contributed by atoms with Crippen molar-refractivity contribution >= 4 is 23.6 Å². The lowest BCUT2D eigenvalue weighted by atomic mass is 10.2. The Morgan fingerprint density at radius 3 is 3.12 bits per heavy atom. The van der Waals surface area contributed by atoms with Gasteiger partial charge in [-0.3, -0.25) is 14.4 Å². The van der Waals surface area contributed by atoms with E-state index < -0.39 is 6.04 Å². The molecule has 2 fully saturated rings. The minimum atomic E-state index is -0.538. The lowest BCUT2D eigenvalue weighted by Crippen LogP contribution is -2.46. The fourth-order valence-corrected chi connectivity index (χ4v) is 2.63. The highest BCUT2D eigenvalue weighted by molar-refractivity contribution is 7.99. The second kappa shape index (κ2) is 5.51. The molecule has 0 aliphatic carbocycles. The van der Waals surface area contributed by atoms with E-state index in [1.165, 1.54) is 0 Å². The number of carbonyl (C=O) groups is 2. The van der Waals surface area contributed by atoms with Crippen molar-refractivity contribution in [2.45, 2.75) is 18.5 Å². The number of hydroxylamine groups is 1. The van der Waals surface area contributed by atoms with Crippen molar-refractivity contribution in [2.24, 2.45) is 0 Å². The van der Waals surface area contributed by atoms with Crippen molar-refractivity contribution in [3.05, 3.63) is 0 Å². The van der Waals surface area contributed by atoms with Crippen LogP contribution >= 0.6 is 11.8 Å². The Balaban J connectivity index is 1.72. The third-order valence-corrected chi connectivity index (χ3v) is 3.64. The Bertz CT molecular complexity index is 281. The fraction of sp³-hybridized carbons (Fsp3) is 0.778. The van der Waals surface area contributed by atoms with Gasteiger partial charge in [-0.1, -0.05) is 0 Å². The summed E-state index contributed by atoms with van der Waals surface area (Å²) in [6.07, 6.45) is 0.413. The summed E-state index contributed by atoms with van der Waals surface area (Å²) in [7, 11) is 0. The highest BCUT2D eigenvalue weighted by Gasteiger charge is 2.27. The lowest BCUT2D eigenvalue weighted by molar-refractivity contribution is -0.128. The second-order valence-electron chi connectivity index (χ2n) is 3.83. The minimum Gasteiger partial charge on any atom is -0.342 e. The fourth-order valence-electron chi connectivity index (χ4n) is 1.68. The molecule has 7 heteroatoms. The predicted octanol–water partition coefficient (Wildman–Crippen LogP) is -1.37. The number of carbonyl (C=O) groups excluding carboxylic acids is 2. The molecule has 0 aromatic heterocycles. The van der Waals surface area contributed by atoms with Crippen LogP contribution in [0.3, 0.4) is 0 Å². The van der Waals surface area contributed by atoms with E-state index in [0.717, 1.165) is 18.1 Å². The van der Waals surface area contributed by atoms with E-state index in [4.69, 9.17) is 4.84 Å². The topological polar surface area (TPSA) is 79.5 Å². The van der Waals surface area contributed by atoms with Crippen LogP contribution in [0.15, 0.2) is 0 Å². The first-order valence-corrected chi connectivity index (χ1v) is 6.43. The Labute approximate surface area is 97.8 Å². The largest absolute Gasteiger partial charge is 0.342 e. The Kier molecular flexibility index (Phi) is 4.03. The first-order chi connectivity index (χ1) is 7.75. The number of thioether (sulfide) groups is 1. The molecule has 2 rings (SSSR count). The van der Waals surface area contributed by atoms with Crippen LogP contribution in [0.4, 0.5) is 0 Å². The average Bonchev–Trinajstić information content (AvgIpc) is 2.66. The number of rotatable bonds is 3. The zero-order chi connectivity index (χ0) is 11.4. The van der Waals surface area contributed by atoms with Crippen molar-refractivity contribution in [3.63, 3.8) is 0 Å². The smallest absolute Gasteiger partial charge is 0.268 e. The van der Waals surface area contributed by atoms with Crippen molar-refractivity contribution in [3.8, 4) is 0 Å². The average molecular weight is 245 g/mol. The molecule has 6 nitrogen and oxygen atoms in total. The number of nitrogens with one attached hydrogen (secondary N) is 3. The summed E-state index contributed by atoms with van der Waals surface area (Å²) in [5.41, 5.74) is 2.21. The van der Waals surface area contributed by atoms with E-state index in [9.17, 15) is 9.59 Å². The van der Waals surface area contributed by atoms with Gasteiger partial charge < -0.3 is 10.6 Å². The van der Waals surface area contributed by atoms with Crippen molar-refractivity contribution in [1.82, 2.24) is 16.1 Å². The van der Waals surface area contributed by atoms with Gasteiger partial charge in [-0.05, 0) is 0 Å². The summed E-state index contributed by atoms with van der Waals surface area (Å²) in [6.45, 7) is 1.15. The van der Waals surface area contributed by atoms with E-state index >= 15 is 0 Å². The van der Waals surface area contributed by atoms with E-state index in [1.54, 1.807) is 0 Å². The second-order valence-corrected chi connectivity index (χ2v) is 4.98. The molecule has 2 aliphatic heterocycles. The molecule has 0 bridgehead atoms. The van der Waals surface area contributed by atoms with Gasteiger partial charge in [-0.2, -0.15) is 11.8 Å². The third-order valence-electron chi connectivity index (χ3n) is 2.50. The van der Waals surface area contributed by atoms with Gasteiger partial charge >= 0.3 is 0 Å². The van der Waals surface area contributed by atoms with Crippen LogP contribution in [0.25, 0.3) is 0 Å². The first kappa shape index (κ1) is 11.7. The summed E-state index contributed by atoms with van der Waals surface area (Å²) in [6, 6.07) is -0.326. The third kappa shape index (κ3) is 3.10. The highest BCUT2D eigenvalue weighted by atomic mass is 32.2. The summed E-state index contributed by atoms with van der Waals surface area (Å²) in [5, 5.41) is 5.92. The van der Waals surface area contributed by atoms with Gasteiger partial charge in [0.25, 0.3) is 5.91 Å². The maximum atomic E-state index is 11.6. The quantitative estimate of drug-likeness (QED) is 0.571. The van der Waals surface area contributed by atoms with E-state index in [-0.39, 0.29) is 24.5 Å². The molecule has 0 radical (unpaired) electrons. The molecule has 2 saturated heterocycles. The van der Waals surface area contributed by atoms with Gasteiger partial charge in [0.15, 0.2) is 0 Å². The van der Waals surface area contributed by atoms with E-state index in [1.807, 2.05) is 11.8 Å². The van der Waals surface area contributed by atoms with Crippen LogP contribution in [0.2, 0.25) is 0 Å². The van der Waals surface area contributed by atoms with Crippen LogP contribution in [-0.2, 0) is 14.4 Å². The van der Waals surface area contributed by atoms with Gasteiger partial charge in [0, 0.05) is 30.5 Å². The monoisotopic (exact) mass is 245 g/mol. The Hall–Kier alpha value is -0.790. The summed E-state index contributed by atoms with van der Waals surface area (Å²) >= 11 is 1.84. The molecule has 16 heavy (non-hydrogen) atoms. The molecule has 90 valence electrons. The molecule has 0 aromatic rings. The molecule has 3 N–H and O–H groups in total. The van der Waals surface area contributed by atoms with Crippen LogP contribution in [0.1, 0.15) is 6.42 Å². The maximum absolute atomic E-state index is 11.6. The van der Waals surface area contributed by atoms with Gasteiger partial charge in [0.2, 0.25) is 5.91 Å². The lowest BCUT2D eigenvalue weighted by Gasteiger charge is -2.22. The van der Waals surface area contributed by atoms with Gasteiger partial charge in [-0.25, -0.2) is 5.48 Å². The van der Waals surface area contributed by atoms with Crippen LogP contribution in [-0.4, -0.2) is 48.6 Å². The number of hydrogen-bond acceptors (Lipinski definition) is 5. The van der Waals surface area contributed by atoms with Gasteiger partial charge in [-0.15, -0.1) is 0 Å². The Morgan fingerprint density at radius 1 is 1.62 bits per heavy atom. The SMILES string of the molecule is O=C(CC1CSCCN1)N[C@@H]1CONC1=O. The van der Waals surface area contributed by atoms with Crippen LogP contribution in [0, 0.1) is 0 Å². The van der Waals surface area contributed by atoms with Gasteiger partial charge in [0.05, 0.1) is 0 Å².